The summed E-state index contributed by atoms with van der Waals surface area (Å²) in [7, 11) is 0. The van der Waals surface area contributed by atoms with Crippen molar-refractivity contribution in [2.75, 3.05) is 11.6 Å². The van der Waals surface area contributed by atoms with Gasteiger partial charge < -0.3 is 4.74 Å². The summed E-state index contributed by atoms with van der Waals surface area (Å²) in [4.78, 5) is 20.5. The predicted octanol–water partition coefficient (Wildman–Crippen LogP) is 4.80. The van der Waals surface area contributed by atoms with Crippen LogP contribution in [-0.2, 0) is 11.4 Å². The van der Waals surface area contributed by atoms with Crippen LogP contribution < -0.4 is 10.1 Å². The molecule has 0 bridgehead atoms. The predicted molar refractivity (Wildman–Crippen MR) is 111 cm³/mol. The largest absolute Gasteiger partial charge is 0.489 e. The molecule has 1 N–H and O–H groups in total. The fraction of sp³-hybridized carbons (Fsp3) is 0.150. The Morgan fingerprint density at radius 1 is 1.30 bits per heavy atom. The van der Waals surface area contributed by atoms with E-state index in [1.807, 2.05) is 49.6 Å². The summed E-state index contributed by atoms with van der Waals surface area (Å²) in [5.41, 5.74) is 2.87. The van der Waals surface area contributed by atoms with Gasteiger partial charge in [0.15, 0.2) is 5.13 Å². The van der Waals surface area contributed by atoms with Gasteiger partial charge in [0.05, 0.1) is 9.90 Å². The van der Waals surface area contributed by atoms with Crippen LogP contribution in [0.2, 0.25) is 0 Å². The van der Waals surface area contributed by atoms with E-state index in [4.69, 9.17) is 4.74 Å². The molecule has 0 spiro atoms. The molecule has 0 atom stereocenters. The zero-order valence-corrected chi connectivity index (χ0v) is 16.6. The van der Waals surface area contributed by atoms with Gasteiger partial charge in [-0.15, -0.1) is 11.8 Å². The highest BCUT2D eigenvalue weighted by Gasteiger charge is 2.08. The van der Waals surface area contributed by atoms with Crippen LogP contribution in [0.25, 0.3) is 6.08 Å². The zero-order valence-electron chi connectivity index (χ0n) is 15.0. The monoisotopic (exact) mass is 397 g/mol. The third-order valence-corrected chi connectivity index (χ3v) is 5.89. The van der Waals surface area contributed by atoms with E-state index >= 15 is 0 Å². The maximum Gasteiger partial charge on any atom is 0.250 e. The van der Waals surface area contributed by atoms with Crippen molar-refractivity contribution in [3.8, 4) is 5.75 Å². The third kappa shape index (κ3) is 5.67. The van der Waals surface area contributed by atoms with Crippen molar-refractivity contribution in [1.82, 2.24) is 9.97 Å². The lowest BCUT2D eigenvalue weighted by atomic mass is 10.2. The van der Waals surface area contributed by atoms with Crippen molar-refractivity contribution in [1.29, 1.82) is 0 Å². The molecule has 138 valence electrons. The lowest BCUT2D eigenvalue weighted by molar-refractivity contribution is -0.111. The van der Waals surface area contributed by atoms with Crippen molar-refractivity contribution in [3.05, 3.63) is 71.7 Å². The summed E-state index contributed by atoms with van der Waals surface area (Å²) in [6.45, 7) is 2.41. The van der Waals surface area contributed by atoms with E-state index in [0.717, 1.165) is 26.8 Å². The molecular weight excluding hydrogens is 378 g/mol. The van der Waals surface area contributed by atoms with Crippen LogP contribution in [0, 0.1) is 6.92 Å². The first-order chi connectivity index (χ1) is 13.1. The van der Waals surface area contributed by atoms with Gasteiger partial charge in [-0.25, -0.2) is 4.98 Å². The number of rotatable bonds is 7. The molecule has 7 heteroatoms. The number of aromatic nitrogens is 2. The fourth-order valence-electron chi connectivity index (χ4n) is 2.27. The van der Waals surface area contributed by atoms with Crippen molar-refractivity contribution < 1.29 is 9.53 Å². The molecule has 0 unspecified atom stereocenters. The number of carbonyl (C=O) groups is 1. The number of thiazole rings is 1. The van der Waals surface area contributed by atoms with E-state index in [1.165, 1.54) is 17.4 Å². The minimum Gasteiger partial charge on any atom is -0.489 e. The van der Waals surface area contributed by atoms with Crippen LogP contribution in [0.5, 0.6) is 5.75 Å². The van der Waals surface area contributed by atoms with Crippen LogP contribution in [0.4, 0.5) is 5.13 Å². The van der Waals surface area contributed by atoms with Crippen molar-refractivity contribution in [3.63, 3.8) is 0 Å². The molecule has 5 nitrogen and oxygen atoms in total. The minimum absolute atomic E-state index is 0.201. The Bertz CT molecular complexity index is 922. The van der Waals surface area contributed by atoms with E-state index in [0.29, 0.717) is 11.7 Å². The summed E-state index contributed by atoms with van der Waals surface area (Å²) in [5, 5.41) is 3.41. The Morgan fingerprint density at radius 2 is 2.11 bits per heavy atom. The van der Waals surface area contributed by atoms with Gasteiger partial charge in [0.25, 0.3) is 0 Å². The normalized spacial score (nSPS) is 10.9. The van der Waals surface area contributed by atoms with Crippen LogP contribution in [0.15, 0.2) is 59.1 Å². The molecule has 0 aliphatic heterocycles. The van der Waals surface area contributed by atoms with Gasteiger partial charge in [-0.3, -0.25) is 15.1 Å². The van der Waals surface area contributed by atoms with Crippen LogP contribution in [0.3, 0.4) is 0 Å². The number of hydrogen-bond donors (Lipinski definition) is 1. The lowest BCUT2D eigenvalue weighted by Crippen LogP contribution is -2.07. The maximum absolute atomic E-state index is 12.1. The molecule has 0 saturated carbocycles. The average Bonchev–Trinajstić information content (AvgIpc) is 3.05. The highest BCUT2D eigenvalue weighted by molar-refractivity contribution is 8.00. The summed E-state index contributed by atoms with van der Waals surface area (Å²) >= 11 is 3.11. The number of aryl methyl sites for hydroxylation is 1. The smallest absolute Gasteiger partial charge is 0.250 e. The molecule has 3 rings (SSSR count). The highest BCUT2D eigenvalue weighted by atomic mass is 32.2. The summed E-state index contributed by atoms with van der Waals surface area (Å²) in [6, 6.07) is 11.4. The Hall–Kier alpha value is -2.64. The molecule has 0 saturated heterocycles. The number of hydrogen-bond acceptors (Lipinski definition) is 6. The van der Waals surface area contributed by atoms with Gasteiger partial charge in [-0.1, -0.05) is 29.5 Å². The van der Waals surface area contributed by atoms with Crippen LogP contribution >= 0.6 is 23.1 Å². The maximum atomic E-state index is 12.1. The number of ether oxygens (including phenoxy) is 1. The van der Waals surface area contributed by atoms with Gasteiger partial charge >= 0.3 is 0 Å². The molecule has 3 aromatic rings. The Morgan fingerprint density at radius 3 is 2.78 bits per heavy atom. The fourth-order valence-corrected chi connectivity index (χ4v) is 3.88. The standard InChI is InChI=1S/C20H19N3O2S2/c1-14-19(26-2)27-20(22-14)23-18(24)10-7-15-5-8-17(9-6-15)25-13-16-4-3-11-21-12-16/h3-12H,13H2,1-2H3,(H,22,23,24)/b10-7+. The number of nitrogens with one attached hydrogen (secondary N) is 1. The van der Waals surface area contributed by atoms with E-state index in [-0.39, 0.29) is 5.91 Å². The van der Waals surface area contributed by atoms with Crippen molar-refractivity contribution in [2.45, 2.75) is 17.7 Å². The second-order valence-corrected chi connectivity index (χ2v) is 7.71. The molecule has 2 heterocycles. The van der Waals surface area contributed by atoms with Crippen LogP contribution in [0.1, 0.15) is 16.8 Å². The van der Waals surface area contributed by atoms with Gasteiger partial charge in [-0.2, -0.15) is 0 Å². The van der Waals surface area contributed by atoms with E-state index in [2.05, 4.69) is 15.3 Å². The molecular formula is C20H19N3O2S2. The number of pyridine rings is 1. The number of benzene rings is 1. The zero-order chi connectivity index (χ0) is 19.1. The van der Waals surface area contributed by atoms with Crippen molar-refractivity contribution >= 4 is 40.2 Å². The van der Waals surface area contributed by atoms with E-state index in [9.17, 15) is 4.79 Å². The van der Waals surface area contributed by atoms with Crippen LogP contribution in [-0.4, -0.2) is 22.1 Å². The number of nitrogens with zero attached hydrogens (tertiary/aromatic N) is 2. The van der Waals surface area contributed by atoms with Gasteiger partial charge in [0, 0.05) is 24.0 Å². The molecule has 1 aromatic carbocycles. The summed E-state index contributed by atoms with van der Waals surface area (Å²) in [5.74, 6) is 0.566. The molecule has 27 heavy (non-hydrogen) atoms. The number of thioether (sulfide) groups is 1. The molecule has 1 amide bonds. The Labute approximate surface area is 166 Å². The molecule has 2 aromatic heterocycles. The number of carbonyl (C=O) groups excluding carboxylic acids is 1. The molecule has 0 radical (unpaired) electrons. The Balaban J connectivity index is 1.53. The first-order valence-electron chi connectivity index (χ1n) is 8.26. The second kappa shape index (κ2) is 9.34. The van der Waals surface area contributed by atoms with Gasteiger partial charge in [0.1, 0.15) is 12.4 Å². The SMILES string of the molecule is CSc1sc(NC(=O)/C=C/c2ccc(OCc3cccnc3)cc2)nc1C. The summed E-state index contributed by atoms with van der Waals surface area (Å²) in [6.07, 6.45) is 8.77. The third-order valence-electron chi connectivity index (χ3n) is 3.61. The van der Waals surface area contributed by atoms with E-state index < -0.39 is 0 Å². The first kappa shape index (κ1) is 19.1. The topological polar surface area (TPSA) is 64.1 Å². The summed E-state index contributed by atoms with van der Waals surface area (Å²) < 4.78 is 6.83. The lowest BCUT2D eigenvalue weighted by Gasteiger charge is -2.06. The molecule has 0 aliphatic rings. The average molecular weight is 398 g/mol. The molecule has 0 fully saturated rings. The molecule has 0 aliphatic carbocycles. The van der Waals surface area contributed by atoms with E-state index in [1.54, 1.807) is 30.2 Å². The number of amides is 1. The van der Waals surface area contributed by atoms with Crippen molar-refractivity contribution in [2.24, 2.45) is 0 Å². The first-order valence-corrected chi connectivity index (χ1v) is 10.3. The van der Waals surface area contributed by atoms with Gasteiger partial charge in [0.2, 0.25) is 5.91 Å². The Kier molecular flexibility index (Phi) is 6.62. The minimum atomic E-state index is -0.201. The quantitative estimate of drug-likeness (QED) is 0.458. The second-order valence-electron chi connectivity index (χ2n) is 5.64. The number of anilines is 1. The van der Waals surface area contributed by atoms with Gasteiger partial charge in [-0.05, 0) is 43.0 Å². The highest BCUT2D eigenvalue weighted by Crippen LogP contribution is 2.30.